The highest BCUT2D eigenvalue weighted by Crippen LogP contribution is 2.26. The summed E-state index contributed by atoms with van der Waals surface area (Å²) >= 11 is 0. The molecule has 0 radical (unpaired) electrons. The predicted octanol–water partition coefficient (Wildman–Crippen LogP) is 5.97. The van der Waals surface area contributed by atoms with E-state index < -0.39 is 0 Å². The molecule has 128 valence electrons. The molecule has 0 spiro atoms. The fourth-order valence-electron chi connectivity index (χ4n) is 3.17. The largest absolute Gasteiger partial charge is 0.352 e. The lowest BCUT2D eigenvalue weighted by Gasteiger charge is -2.27. The predicted molar refractivity (Wildman–Crippen MR) is 99.7 cm³/mol. The van der Waals surface area contributed by atoms with Crippen LogP contribution >= 0.6 is 0 Å². The van der Waals surface area contributed by atoms with E-state index in [2.05, 4.69) is 46.1 Å². The maximum Gasteiger partial charge on any atom is 0.127 e. The van der Waals surface area contributed by atoms with Crippen LogP contribution in [0, 0.1) is 0 Å². The molecule has 1 heterocycles. The zero-order valence-electron chi connectivity index (χ0n) is 15.7. The van der Waals surface area contributed by atoms with E-state index in [-0.39, 0.29) is 5.54 Å². The van der Waals surface area contributed by atoms with Crippen LogP contribution in [0.3, 0.4) is 0 Å². The number of hydrogen-bond acceptors (Lipinski definition) is 2. The van der Waals surface area contributed by atoms with Crippen LogP contribution in [0.2, 0.25) is 0 Å². The Morgan fingerprint density at radius 3 is 2.18 bits per heavy atom. The summed E-state index contributed by atoms with van der Waals surface area (Å²) in [7, 11) is 0. The second-order valence-electron chi connectivity index (χ2n) is 7.80. The molecule has 1 aliphatic rings. The van der Waals surface area contributed by atoms with Crippen molar-refractivity contribution in [2.45, 2.75) is 104 Å². The summed E-state index contributed by atoms with van der Waals surface area (Å²) in [5.74, 6) is 1.17. The highest BCUT2D eigenvalue weighted by atomic mass is 15.3. The highest BCUT2D eigenvalue weighted by molar-refractivity contribution is 5.99. The van der Waals surface area contributed by atoms with Gasteiger partial charge in [0, 0.05) is 12.6 Å². The summed E-state index contributed by atoms with van der Waals surface area (Å²) in [5.41, 5.74) is 1.28. The highest BCUT2D eigenvalue weighted by Gasteiger charge is 2.33. The van der Waals surface area contributed by atoms with Gasteiger partial charge >= 0.3 is 0 Å². The Morgan fingerprint density at radius 2 is 1.64 bits per heavy atom. The minimum Gasteiger partial charge on any atom is -0.352 e. The third kappa shape index (κ3) is 6.54. The molecule has 0 saturated heterocycles. The zero-order chi connectivity index (χ0) is 16.6. The van der Waals surface area contributed by atoms with Gasteiger partial charge in [0.05, 0.1) is 5.54 Å². The van der Waals surface area contributed by atoms with Crippen molar-refractivity contribution < 1.29 is 0 Å². The van der Waals surface area contributed by atoms with E-state index in [1.165, 1.54) is 62.8 Å². The number of amidine groups is 1. The lowest BCUT2D eigenvalue weighted by atomic mass is 10.0. The Bertz CT molecular complexity index is 366. The number of unbranched alkanes of at least 4 members (excludes halogenated alkanes) is 7. The van der Waals surface area contributed by atoms with Crippen LogP contribution < -0.4 is 0 Å². The summed E-state index contributed by atoms with van der Waals surface area (Å²) in [6, 6.07) is 0.510. The Labute approximate surface area is 139 Å². The average Bonchev–Trinajstić information content (AvgIpc) is 2.78. The molecule has 0 atom stereocenters. The first kappa shape index (κ1) is 19.3. The van der Waals surface area contributed by atoms with Gasteiger partial charge in [0.1, 0.15) is 5.84 Å². The van der Waals surface area contributed by atoms with E-state index in [1.807, 2.05) is 0 Å². The first-order valence-corrected chi connectivity index (χ1v) is 9.42. The second-order valence-corrected chi connectivity index (χ2v) is 7.80. The van der Waals surface area contributed by atoms with Crippen molar-refractivity contribution in [3.05, 3.63) is 12.2 Å². The molecule has 0 aliphatic carbocycles. The molecule has 0 fully saturated rings. The van der Waals surface area contributed by atoms with Crippen molar-refractivity contribution in [3.63, 3.8) is 0 Å². The van der Waals surface area contributed by atoms with Crippen LogP contribution in [0.15, 0.2) is 17.1 Å². The van der Waals surface area contributed by atoms with Gasteiger partial charge in [-0.1, -0.05) is 58.4 Å². The van der Waals surface area contributed by atoms with Crippen LogP contribution in [0.25, 0.3) is 0 Å². The monoisotopic (exact) mass is 306 g/mol. The van der Waals surface area contributed by atoms with Crippen molar-refractivity contribution in [1.29, 1.82) is 0 Å². The number of rotatable bonds is 11. The van der Waals surface area contributed by atoms with Gasteiger partial charge in [0.15, 0.2) is 0 Å². The summed E-state index contributed by atoms with van der Waals surface area (Å²) in [6.45, 7) is 16.6. The van der Waals surface area contributed by atoms with Gasteiger partial charge in [-0.05, 0) is 46.1 Å². The lowest BCUT2D eigenvalue weighted by molar-refractivity contribution is 0.323. The average molecular weight is 307 g/mol. The zero-order valence-corrected chi connectivity index (χ0v) is 15.7. The minimum atomic E-state index is 0.0435. The Kier molecular flexibility index (Phi) is 8.20. The van der Waals surface area contributed by atoms with Gasteiger partial charge in [-0.3, -0.25) is 4.99 Å². The van der Waals surface area contributed by atoms with Gasteiger partial charge < -0.3 is 4.90 Å². The molecule has 0 N–H and O–H groups in total. The van der Waals surface area contributed by atoms with Gasteiger partial charge in [0.2, 0.25) is 0 Å². The van der Waals surface area contributed by atoms with Gasteiger partial charge in [-0.2, -0.15) is 0 Å². The third-order valence-corrected chi connectivity index (χ3v) is 4.51. The van der Waals surface area contributed by atoms with Crippen molar-refractivity contribution in [2.75, 3.05) is 6.54 Å². The van der Waals surface area contributed by atoms with Crippen molar-refractivity contribution in [2.24, 2.45) is 4.99 Å². The van der Waals surface area contributed by atoms with Gasteiger partial charge in [0.25, 0.3) is 0 Å². The molecular weight excluding hydrogens is 268 g/mol. The number of aliphatic imine (C=N–C) groups is 1. The lowest BCUT2D eigenvalue weighted by Crippen LogP contribution is -2.38. The van der Waals surface area contributed by atoms with E-state index in [1.54, 1.807) is 0 Å². The molecule has 0 saturated carbocycles. The molecule has 0 aromatic heterocycles. The molecule has 1 rings (SSSR count). The molecule has 0 aromatic rings. The number of hydrogen-bond donors (Lipinski definition) is 0. The molecule has 1 aliphatic heterocycles. The maximum atomic E-state index is 4.91. The van der Waals surface area contributed by atoms with Crippen LogP contribution in [0.1, 0.15) is 92.4 Å². The Balaban J connectivity index is 2.27. The van der Waals surface area contributed by atoms with E-state index in [0.29, 0.717) is 6.04 Å². The molecule has 0 unspecified atom stereocenters. The minimum absolute atomic E-state index is 0.0435. The van der Waals surface area contributed by atoms with Crippen LogP contribution in [0.4, 0.5) is 0 Å². The molecular formula is C20H38N2. The molecule has 2 nitrogen and oxygen atoms in total. The normalized spacial score (nSPS) is 17.2. The standard InChI is InChI=1S/C20H38N2/c1-7-8-9-10-11-12-13-14-15-18(4)19-21-20(5,6)16-22(19)17(2)3/h17H,4,7-16H2,1-3,5-6H3. The van der Waals surface area contributed by atoms with Crippen molar-refractivity contribution >= 4 is 5.84 Å². The first-order valence-electron chi connectivity index (χ1n) is 9.42. The fourth-order valence-corrected chi connectivity index (χ4v) is 3.17. The molecule has 0 amide bonds. The van der Waals surface area contributed by atoms with Gasteiger partial charge in [-0.15, -0.1) is 0 Å². The fraction of sp³-hybridized carbons (Fsp3) is 0.850. The SMILES string of the molecule is C=C(CCCCCCCCCC)C1=NC(C)(C)CN1C(C)C. The van der Waals surface area contributed by atoms with Crippen LogP contribution in [-0.4, -0.2) is 28.9 Å². The van der Waals surface area contributed by atoms with E-state index in [9.17, 15) is 0 Å². The van der Waals surface area contributed by atoms with E-state index in [0.717, 1.165) is 13.0 Å². The summed E-state index contributed by atoms with van der Waals surface area (Å²) in [4.78, 5) is 7.34. The molecule has 2 heteroatoms. The van der Waals surface area contributed by atoms with Crippen LogP contribution in [0.5, 0.6) is 0 Å². The first-order chi connectivity index (χ1) is 10.4. The quantitative estimate of drug-likeness (QED) is 0.429. The maximum absolute atomic E-state index is 4.91. The summed E-state index contributed by atoms with van der Waals surface area (Å²) < 4.78 is 0. The van der Waals surface area contributed by atoms with E-state index >= 15 is 0 Å². The molecule has 0 bridgehead atoms. The Hall–Kier alpha value is -0.790. The van der Waals surface area contributed by atoms with E-state index in [4.69, 9.17) is 4.99 Å². The van der Waals surface area contributed by atoms with Gasteiger partial charge in [-0.25, -0.2) is 0 Å². The second kappa shape index (κ2) is 9.37. The Morgan fingerprint density at radius 1 is 1.09 bits per heavy atom. The van der Waals surface area contributed by atoms with Crippen LogP contribution in [-0.2, 0) is 0 Å². The van der Waals surface area contributed by atoms with Crippen molar-refractivity contribution in [1.82, 2.24) is 4.90 Å². The third-order valence-electron chi connectivity index (χ3n) is 4.51. The summed E-state index contributed by atoms with van der Waals surface area (Å²) in [6.07, 6.45) is 12.0. The summed E-state index contributed by atoms with van der Waals surface area (Å²) in [5, 5.41) is 0. The number of nitrogens with zero attached hydrogens (tertiary/aromatic N) is 2. The topological polar surface area (TPSA) is 15.6 Å². The smallest absolute Gasteiger partial charge is 0.127 e. The van der Waals surface area contributed by atoms with Crippen molar-refractivity contribution in [3.8, 4) is 0 Å². The molecule has 22 heavy (non-hydrogen) atoms. The molecule has 0 aromatic carbocycles.